The molecule has 0 aromatic carbocycles. The van der Waals surface area contributed by atoms with Crippen LogP contribution < -0.4 is 5.32 Å². The van der Waals surface area contributed by atoms with Crippen molar-refractivity contribution in [2.45, 2.75) is 13.3 Å². The number of hydrogen-bond donors (Lipinski definition) is 1. The highest BCUT2D eigenvalue weighted by Crippen LogP contribution is 2.09. The number of amides is 3. The van der Waals surface area contributed by atoms with E-state index < -0.39 is 0 Å². The number of nitrogens with one attached hydrogen (secondary N) is 1. The Balaban J connectivity index is 1.76. The van der Waals surface area contributed by atoms with E-state index in [9.17, 15) is 14.4 Å². The molecular weight excluding hydrogens is 274 g/mol. The third kappa shape index (κ3) is 4.08. The van der Waals surface area contributed by atoms with Crippen LogP contribution >= 0.6 is 0 Å². The Hall–Kier alpha value is -2.31. The van der Waals surface area contributed by atoms with E-state index in [0.29, 0.717) is 44.9 Å². The van der Waals surface area contributed by atoms with Gasteiger partial charge >= 0.3 is 6.03 Å². The van der Waals surface area contributed by atoms with Crippen molar-refractivity contribution in [2.75, 3.05) is 32.7 Å². The van der Waals surface area contributed by atoms with E-state index in [-0.39, 0.29) is 17.7 Å². The molecule has 0 radical (unpaired) electrons. The van der Waals surface area contributed by atoms with Crippen LogP contribution in [0.3, 0.4) is 0 Å². The van der Waals surface area contributed by atoms with Gasteiger partial charge in [0, 0.05) is 39.1 Å². The maximum absolute atomic E-state index is 12.1. The Labute approximate surface area is 122 Å². The molecule has 1 aromatic heterocycles. The van der Waals surface area contributed by atoms with E-state index in [0.717, 1.165) is 0 Å². The quantitative estimate of drug-likeness (QED) is 0.887. The molecule has 0 aliphatic carbocycles. The molecule has 2 rings (SSSR count). The van der Waals surface area contributed by atoms with Crippen molar-refractivity contribution in [3.8, 4) is 0 Å². The minimum absolute atomic E-state index is 0.0455. The highest BCUT2D eigenvalue weighted by molar-refractivity contribution is 5.91. The van der Waals surface area contributed by atoms with Crippen molar-refractivity contribution >= 4 is 17.7 Å². The molecule has 1 aliphatic heterocycles. The van der Waals surface area contributed by atoms with E-state index in [4.69, 9.17) is 4.42 Å². The van der Waals surface area contributed by atoms with Crippen LogP contribution in [0.1, 0.15) is 23.9 Å². The smallest absolute Gasteiger partial charge is 0.317 e. The number of rotatable bonds is 4. The Morgan fingerprint density at radius 1 is 1.19 bits per heavy atom. The molecule has 1 N–H and O–H groups in total. The number of nitrogens with zero attached hydrogens (tertiary/aromatic N) is 2. The summed E-state index contributed by atoms with van der Waals surface area (Å²) in [6.45, 7) is 3.72. The average Bonchev–Trinajstić information content (AvgIpc) is 3.00. The average molecular weight is 293 g/mol. The van der Waals surface area contributed by atoms with Gasteiger partial charge in [0.15, 0.2) is 5.76 Å². The van der Waals surface area contributed by atoms with Gasteiger partial charge in [-0.3, -0.25) is 9.59 Å². The number of piperazine rings is 1. The Bertz CT molecular complexity index is 504. The maximum atomic E-state index is 12.1. The lowest BCUT2D eigenvalue weighted by Gasteiger charge is -2.34. The molecule has 114 valence electrons. The molecule has 1 aliphatic rings. The molecule has 0 spiro atoms. The number of carbonyl (C=O) groups is 3. The lowest BCUT2D eigenvalue weighted by Crippen LogP contribution is -2.53. The van der Waals surface area contributed by atoms with E-state index in [2.05, 4.69) is 5.32 Å². The number of Topliss-reactive ketones (excluding diaryl/α,β-unsaturated/α-hetero) is 1. The van der Waals surface area contributed by atoms with Crippen molar-refractivity contribution in [3.63, 3.8) is 0 Å². The van der Waals surface area contributed by atoms with Gasteiger partial charge in [0.05, 0.1) is 6.26 Å². The van der Waals surface area contributed by atoms with Gasteiger partial charge in [0.1, 0.15) is 5.78 Å². The summed E-state index contributed by atoms with van der Waals surface area (Å²) in [4.78, 5) is 38.1. The Morgan fingerprint density at radius 2 is 1.86 bits per heavy atom. The minimum Gasteiger partial charge on any atom is -0.459 e. The predicted molar refractivity (Wildman–Crippen MR) is 74.9 cm³/mol. The summed E-state index contributed by atoms with van der Waals surface area (Å²) in [6.07, 6.45) is 1.80. The fourth-order valence-corrected chi connectivity index (χ4v) is 2.13. The first kappa shape index (κ1) is 15.1. The van der Waals surface area contributed by atoms with Crippen molar-refractivity contribution in [2.24, 2.45) is 0 Å². The Kier molecular flexibility index (Phi) is 4.97. The molecular formula is C14H19N3O4. The molecule has 0 saturated carbocycles. The zero-order valence-corrected chi connectivity index (χ0v) is 12.0. The molecule has 0 bridgehead atoms. The van der Waals surface area contributed by atoms with Gasteiger partial charge in [-0.2, -0.15) is 0 Å². The second-order valence-corrected chi connectivity index (χ2v) is 4.94. The van der Waals surface area contributed by atoms with Crippen LogP contribution in [0.4, 0.5) is 4.79 Å². The number of hydrogen-bond acceptors (Lipinski definition) is 4. The normalized spacial score (nSPS) is 14.9. The first-order valence-electron chi connectivity index (χ1n) is 6.93. The second-order valence-electron chi connectivity index (χ2n) is 4.94. The van der Waals surface area contributed by atoms with Crippen LogP contribution in [0.15, 0.2) is 22.8 Å². The summed E-state index contributed by atoms with van der Waals surface area (Å²) >= 11 is 0. The van der Waals surface area contributed by atoms with Crippen molar-refractivity contribution < 1.29 is 18.8 Å². The van der Waals surface area contributed by atoms with Crippen LogP contribution in [0.5, 0.6) is 0 Å². The molecule has 1 aromatic rings. The first-order valence-corrected chi connectivity index (χ1v) is 6.93. The summed E-state index contributed by atoms with van der Waals surface area (Å²) < 4.78 is 5.08. The number of carbonyl (C=O) groups excluding carboxylic acids is 3. The molecule has 7 nitrogen and oxygen atoms in total. The van der Waals surface area contributed by atoms with Gasteiger partial charge in [-0.1, -0.05) is 0 Å². The van der Waals surface area contributed by atoms with Crippen molar-refractivity contribution in [3.05, 3.63) is 24.2 Å². The van der Waals surface area contributed by atoms with E-state index in [1.807, 2.05) is 0 Å². The maximum Gasteiger partial charge on any atom is 0.317 e. The standard InChI is InChI=1S/C14H19N3O4/c1-11(18)4-5-15-14(20)17-8-6-16(7-9-17)13(19)12-3-2-10-21-12/h2-3,10H,4-9H2,1H3,(H,15,20). The largest absolute Gasteiger partial charge is 0.459 e. The molecule has 0 unspecified atom stereocenters. The summed E-state index contributed by atoms with van der Waals surface area (Å²) in [5.74, 6) is 0.204. The molecule has 3 amide bonds. The molecule has 7 heteroatoms. The van der Waals surface area contributed by atoms with Crippen LogP contribution in [-0.4, -0.2) is 60.2 Å². The monoisotopic (exact) mass is 293 g/mol. The van der Waals surface area contributed by atoms with Gasteiger partial charge in [-0.25, -0.2) is 4.79 Å². The van der Waals surface area contributed by atoms with E-state index in [1.165, 1.54) is 13.2 Å². The number of ketones is 1. The summed E-state index contributed by atoms with van der Waals surface area (Å²) in [5, 5.41) is 2.70. The third-order valence-electron chi connectivity index (χ3n) is 3.34. The third-order valence-corrected chi connectivity index (χ3v) is 3.34. The zero-order valence-electron chi connectivity index (χ0n) is 12.0. The lowest BCUT2D eigenvalue weighted by molar-refractivity contribution is -0.116. The van der Waals surface area contributed by atoms with Gasteiger partial charge < -0.3 is 19.5 Å². The fourth-order valence-electron chi connectivity index (χ4n) is 2.13. The highest BCUT2D eigenvalue weighted by atomic mass is 16.3. The molecule has 2 heterocycles. The molecule has 1 saturated heterocycles. The van der Waals surface area contributed by atoms with Gasteiger partial charge in [0.25, 0.3) is 5.91 Å². The topological polar surface area (TPSA) is 82.9 Å². The molecule has 1 fully saturated rings. The van der Waals surface area contributed by atoms with Crippen LogP contribution in [0, 0.1) is 0 Å². The lowest BCUT2D eigenvalue weighted by atomic mass is 10.3. The highest BCUT2D eigenvalue weighted by Gasteiger charge is 2.25. The minimum atomic E-state index is -0.193. The van der Waals surface area contributed by atoms with Crippen LogP contribution in [0.2, 0.25) is 0 Å². The number of urea groups is 1. The fraction of sp³-hybridized carbons (Fsp3) is 0.500. The summed E-state index contributed by atoms with van der Waals surface area (Å²) in [7, 11) is 0. The van der Waals surface area contributed by atoms with Gasteiger partial charge in [-0.05, 0) is 19.1 Å². The van der Waals surface area contributed by atoms with Gasteiger partial charge in [-0.15, -0.1) is 0 Å². The van der Waals surface area contributed by atoms with Crippen LogP contribution in [-0.2, 0) is 4.79 Å². The first-order chi connectivity index (χ1) is 10.1. The van der Waals surface area contributed by atoms with Gasteiger partial charge in [0.2, 0.25) is 0 Å². The van der Waals surface area contributed by atoms with Crippen molar-refractivity contribution in [1.29, 1.82) is 0 Å². The van der Waals surface area contributed by atoms with Crippen molar-refractivity contribution in [1.82, 2.24) is 15.1 Å². The number of furan rings is 1. The van der Waals surface area contributed by atoms with E-state index >= 15 is 0 Å². The van der Waals surface area contributed by atoms with E-state index in [1.54, 1.807) is 21.9 Å². The summed E-state index contributed by atoms with van der Waals surface area (Å²) in [5.41, 5.74) is 0. The van der Waals surface area contributed by atoms with Crippen LogP contribution in [0.25, 0.3) is 0 Å². The molecule has 0 atom stereocenters. The molecule has 21 heavy (non-hydrogen) atoms. The predicted octanol–water partition coefficient (Wildman–Crippen LogP) is 0.726. The zero-order chi connectivity index (χ0) is 15.2. The summed E-state index contributed by atoms with van der Waals surface area (Å²) in [6, 6.07) is 3.11. The Morgan fingerprint density at radius 3 is 2.43 bits per heavy atom. The SMILES string of the molecule is CC(=O)CCNC(=O)N1CCN(C(=O)c2ccco2)CC1. The second kappa shape index (κ2) is 6.92.